The number of hydrogen-bond acceptors (Lipinski definition) is 2. The summed E-state index contributed by atoms with van der Waals surface area (Å²) in [4.78, 5) is 29.0. The van der Waals surface area contributed by atoms with E-state index in [1.54, 1.807) is 6.08 Å². The lowest BCUT2D eigenvalue weighted by Crippen LogP contribution is -2.63. The monoisotopic (exact) mass is 341 g/mol. The van der Waals surface area contributed by atoms with Crippen molar-refractivity contribution in [1.29, 1.82) is 0 Å². The maximum atomic E-state index is 12.8. The number of benzene rings is 1. The molecule has 2 saturated heterocycles. The van der Waals surface area contributed by atoms with Gasteiger partial charge in [0, 0.05) is 31.7 Å². The van der Waals surface area contributed by atoms with Crippen LogP contribution >= 0.6 is 0 Å². The summed E-state index contributed by atoms with van der Waals surface area (Å²) in [6, 6.07) is 7.71. The summed E-state index contributed by atoms with van der Waals surface area (Å²) in [5, 5.41) is 3.02. The number of nitrogens with one attached hydrogen (secondary N) is 1. The molecule has 0 saturated carbocycles. The van der Waals surface area contributed by atoms with Crippen molar-refractivity contribution in [3.05, 3.63) is 42.5 Å². The van der Waals surface area contributed by atoms with Crippen LogP contribution in [0.25, 0.3) is 0 Å². The van der Waals surface area contributed by atoms with E-state index >= 15 is 0 Å². The lowest BCUT2D eigenvalue weighted by atomic mass is 9.79. The van der Waals surface area contributed by atoms with Crippen LogP contribution < -0.4 is 5.32 Å². The molecule has 2 heterocycles. The third-order valence-electron chi connectivity index (χ3n) is 5.45. The fourth-order valence-corrected chi connectivity index (χ4v) is 4.15. The van der Waals surface area contributed by atoms with Gasteiger partial charge in [-0.3, -0.25) is 4.79 Å². The number of piperidine rings is 2. The summed E-state index contributed by atoms with van der Waals surface area (Å²) >= 11 is 0. The van der Waals surface area contributed by atoms with Gasteiger partial charge in [-0.25, -0.2) is 4.79 Å². The van der Waals surface area contributed by atoms with Crippen molar-refractivity contribution in [2.45, 2.75) is 44.6 Å². The summed E-state index contributed by atoms with van der Waals surface area (Å²) in [6.45, 7) is 7.68. The SMILES string of the molecule is C=CCN1C(=O)CCC[C@@]12CCCN(C(=O)Nc1ccccc1C)C2. The normalized spacial score (nSPS) is 23.6. The highest BCUT2D eigenvalue weighted by atomic mass is 16.2. The van der Waals surface area contributed by atoms with Crippen molar-refractivity contribution in [1.82, 2.24) is 9.80 Å². The molecule has 5 heteroatoms. The third-order valence-corrected chi connectivity index (χ3v) is 5.45. The van der Waals surface area contributed by atoms with Gasteiger partial charge >= 0.3 is 6.03 Å². The van der Waals surface area contributed by atoms with Crippen molar-refractivity contribution in [2.75, 3.05) is 25.0 Å². The Hall–Kier alpha value is -2.30. The van der Waals surface area contributed by atoms with Crippen molar-refractivity contribution < 1.29 is 9.59 Å². The molecule has 0 aromatic heterocycles. The van der Waals surface area contributed by atoms with Crippen LogP contribution in [0.1, 0.15) is 37.7 Å². The Morgan fingerprint density at radius 3 is 2.84 bits per heavy atom. The lowest BCUT2D eigenvalue weighted by Gasteiger charge is -2.51. The molecular weight excluding hydrogens is 314 g/mol. The predicted molar refractivity (Wildman–Crippen MR) is 99.5 cm³/mol. The number of anilines is 1. The Kier molecular flexibility index (Phi) is 5.11. The Morgan fingerprint density at radius 1 is 1.32 bits per heavy atom. The molecule has 0 radical (unpaired) electrons. The van der Waals surface area contributed by atoms with E-state index in [1.165, 1.54) is 0 Å². The molecule has 1 aromatic carbocycles. The Labute approximate surface area is 149 Å². The first kappa shape index (κ1) is 17.5. The van der Waals surface area contributed by atoms with Gasteiger partial charge in [0.2, 0.25) is 5.91 Å². The van der Waals surface area contributed by atoms with Gasteiger partial charge < -0.3 is 15.1 Å². The van der Waals surface area contributed by atoms with Gasteiger partial charge in [0.15, 0.2) is 0 Å². The van der Waals surface area contributed by atoms with Gasteiger partial charge in [-0.2, -0.15) is 0 Å². The average molecular weight is 341 g/mol. The maximum Gasteiger partial charge on any atom is 0.321 e. The lowest BCUT2D eigenvalue weighted by molar-refractivity contribution is -0.143. The largest absolute Gasteiger partial charge is 0.332 e. The van der Waals surface area contributed by atoms with E-state index in [0.29, 0.717) is 19.5 Å². The first-order valence-corrected chi connectivity index (χ1v) is 9.09. The molecule has 2 aliphatic rings. The van der Waals surface area contributed by atoms with Crippen molar-refractivity contribution in [3.8, 4) is 0 Å². The van der Waals surface area contributed by atoms with E-state index in [2.05, 4.69) is 11.9 Å². The van der Waals surface area contributed by atoms with E-state index in [1.807, 2.05) is 41.0 Å². The molecule has 0 bridgehead atoms. The van der Waals surface area contributed by atoms with E-state index in [4.69, 9.17) is 0 Å². The van der Waals surface area contributed by atoms with Crippen LogP contribution in [0.4, 0.5) is 10.5 Å². The highest BCUT2D eigenvalue weighted by Gasteiger charge is 2.45. The fraction of sp³-hybridized carbons (Fsp3) is 0.500. The fourth-order valence-electron chi connectivity index (χ4n) is 4.15. The number of carbonyl (C=O) groups excluding carboxylic acids is 2. The minimum Gasteiger partial charge on any atom is -0.332 e. The quantitative estimate of drug-likeness (QED) is 0.855. The second-order valence-corrected chi connectivity index (χ2v) is 7.14. The molecular formula is C20H27N3O2. The van der Waals surface area contributed by atoms with Crippen molar-refractivity contribution in [3.63, 3.8) is 0 Å². The van der Waals surface area contributed by atoms with Gasteiger partial charge in [0.1, 0.15) is 0 Å². The molecule has 3 rings (SSSR count). The van der Waals surface area contributed by atoms with Crippen LogP contribution in [-0.2, 0) is 4.79 Å². The molecule has 5 nitrogen and oxygen atoms in total. The van der Waals surface area contributed by atoms with Gasteiger partial charge in [0.25, 0.3) is 0 Å². The molecule has 0 aliphatic carbocycles. The number of rotatable bonds is 3. The molecule has 1 aromatic rings. The zero-order valence-electron chi connectivity index (χ0n) is 15.0. The zero-order chi connectivity index (χ0) is 17.9. The number of likely N-dealkylation sites (tertiary alicyclic amines) is 2. The summed E-state index contributed by atoms with van der Waals surface area (Å²) in [7, 11) is 0. The van der Waals surface area contributed by atoms with Crippen LogP contribution in [0.15, 0.2) is 36.9 Å². The molecule has 0 unspecified atom stereocenters. The minimum absolute atomic E-state index is 0.0787. The number of hydrogen-bond donors (Lipinski definition) is 1. The Morgan fingerprint density at radius 2 is 2.08 bits per heavy atom. The molecule has 2 fully saturated rings. The second-order valence-electron chi connectivity index (χ2n) is 7.14. The number of urea groups is 1. The maximum absolute atomic E-state index is 12.8. The van der Waals surface area contributed by atoms with E-state index in [9.17, 15) is 9.59 Å². The van der Waals surface area contributed by atoms with Crippen LogP contribution in [0.3, 0.4) is 0 Å². The van der Waals surface area contributed by atoms with Gasteiger partial charge in [-0.15, -0.1) is 6.58 Å². The Bertz CT molecular complexity index is 669. The highest BCUT2D eigenvalue weighted by molar-refractivity contribution is 5.90. The number of amides is 3. The number of para-hydroxylation sites is 1. The van der Waals surface area contributed by atoms with Crippen LogP contribution in [-0.4, -0.2) is 46.9 Å². The number of aryl methyl sites for hydroxylation is 1. The summed E-state index contributed by atoms with van der Waals surface area (Å²) in [6.07, 6.45) is 6.13. The second kappa shape index (κ2) is 7.30. The molecule has 3 amide bonds. The topological polar surface area (TPSA) is 52.7 Å². The third kappa shape index (κ3) is 3.55. The van der Waals surface area contributed by atoms with E-state index in [-0.39, 0.29) is 17.5 Å². The molecule has 1 atom stereocenters. The summed E-state index contributed by atoms with van der Waals surface area (Å²) in [5.41, 5.74) is 1.66. The molecule has 2 aliphatic heterocycles. The first-order valence-electron chi connectivity index (χ1n) is 9.09. The van der Waals surface area contributed by atoms with Gasteiger partial charge in [-0.05, 0) is 44.2 Å². The van der Waals surface area contributed by atoms with Crippen molar-refractivity contribution in [2.24, 2.45) is 0 Å². The minimum atomic E-state index is -0.231. The summed E-state index contributed by atoms with van der Waals surface area (Å²) < 4.78 is 0. The standard InChI is InChI=1S/C20H27N3O2/c1-3-13-23-18(24)10-6-11-20(23)12-7-14-22(15-20)19(25)21-17-9-5-4-8-16(17)2/h3-5,8-9H,1,6-7,10-15H2,2H3,(H,21,25)/t20-/m0/s1. The number of nitrogens with zero attached hydrogens (tertiary/aromatic N) is 2. The number of carbonyl (C=O) groups is 2. The molecule has 25 heavy (non-hydrogen) atoms. The van der Waals surface area contributed by atoms with Gasteiger partial charge in [0.05, 0.1) is 5.54 Å². The van der Waals surface area contributed by atoms with Crippen molar-refractivity contribution >= 4 is 17.6 Å². The molecule has 1 N–H and O–H groups in total. The Balaban J connectivity index is 1.75. The smallest absolute Gasteiger partial charge is 0.321 e. The van der Waals surface area contributed by atoms with E-state index in [0.717, 1.165) is 43.5 Å². The van der Waals surface area contributed by atoms with Gasteiger partial charge in [-0.1, -0.05) is 24.3 Å². The average Bonchev–Trinajstić information content (AvgIpc) is 2.61. The zero-order valence-corrected chi connectivity index (χ0v) is 15.0. The highest BCUT2D eigenvalue weighted by Crippen LogP contribution is 2.36. The van der Waals surface area contributed by atoms with Crippen LogP contribution in [0.5, 0.6) is 0 Å². The van der Waals surface area contributed by atoms with Crippen LogP contribution in [0.2, 0.25) is 0 Å². The van der Waals surface area contributed by atoms with E-state index < -0.39 is 0 Å². The first-order chi connectivity index (χ1) is 12.1. The van der Waals surface area contributed by atoms with Crippen LogP contribution in [0, 0.1) is 6.92 Å². The molecule has 1 spiro atoms. The predicted octanol–water partition coefficient (Wildman–Crippen LogP) is 3.56. The summed E-state index contributed by atoms with van der Waals surface area (Å²) in [5.74, 6) is 0.187. The molecule has 134 valence electrons.